The molecule has 9 nitrogen and oxygen atoms in total. The highest BCUT2D eigenvalue weighted by Gasteiger charge is 2.38. The molecule has 0 atom stereocenters. The summed E-state index contributed by atoms with van der Waals surface area (Å²) in [6, 6.07) is 7.60. The van der Waals surface area contributed by atoms with Crippen LogP contribution in [0.4, 0.5) is 24.5 Å². The third-order valence-corrected chi connectivity index (χ3v) is 4.40. The van der Waals surface area contributed by atoms with Gasteiger partial charge in [0, 0.05) is 11.5 Å². The molecule has 0 spiro atoms. The molecule has 0 saturated carbocycles. The van der Waals surface area contributed by atoms with Gasteiger partial charge in [-0.3, -0.25) is 4.72 Å². The summed E-state index contributed by atoms with van der Waals surface area (Å²) in [5, 5.41) is 19.5. The Labute approximate surface area is 164 Å². The van der Waals surface area contributed by atoms with Crippen molar-refractivity contribution in [2.45, 2.75) is 37.5 Å². The number of carboxylic acid groups (broad SMARTS) is 1. The van der Waals surface area contributed by atoms with Gasteiger partial charge in [0.1, 0.15) is 0 Å². The summed E-state index contributed by atoms with van der Waals surface area (Å²) in [5.41, 5.74) is 6.52. The lowest BCUT2D eigenvalue weighted by molar-refractivity contribution is -0.192. The number of alkyl halides is 3. The van der Waals surface area contributed by atoms with E-state index in [0.717, 1.165) is 0 Å². The monoisotopic (exact) mass is 434 g/mol. The minimum atomic E-state index is -5.08. The van der Waals surface area contributed by atoms with Crippen LogP contribution >= 0.6 is 0 Å². The molecular formula is C16H17F3N4O5S. The van der Waals surface area contributed by atoms with E-state index in [1.807, 2.05) is 26.8 Å². The number of hydrogen-bond acceptors (Lipinski definition) is 7. The number of nitrogens with one attached hydrogen (secondary N) is 1. The van der Waals surface area contributed by atoms with Crippen molar-refractivity contribution >= 4 is 27.4 Å². The van der Waals surface area contributed by atoms with Crippen LogP contribution < -0.4 is 10.5 Å². The first-order valence-corrected chi connectivity index (χ1v) is 9.16. The van der Waals surface area contributed by atoms with Crippen molar-refractivity contribution in [3.63, 3.8) is 0 Å². The summed E-state index contributed by atoms with van der Waals surface area (Å²) in [6.45, 7) is 5.68. The predicted molar refractivity (Wildman–Crippen MR) is 95.3 cm³/mol. The second-order valence-corrected chi connectivity index (χ2v) is 8.22. The van der Waals surface area contributed by atoms with Crippen molar-refractivity contribution in [3.8, 4) is 6.07 Å². The molecule has 0 unspecified atom stereocenters. The van der Waals surface area contributed by atoms with Gasteiger partial charge >= 0.3 is 12.1 Å². The fourth-order valence-electron chi connectivity index (χ4n) is 1.65. The van der Waals surface area contributed by atoms with Crippen LogP contribution in [-0.4, -0.2) is 30.8 Å². The molecule has 158 valence electrons. The summed E-state index contributed by atoms with van der Waals surface area (Å²) < 4.78 is 63.6. The standard InChI is InChI=1S/C14H16N4O3S.C2HF3O2/c1-14(2,3)12-7-13(21-17-12)22(19,20)18-11-6-9(8-15)4-5-10(11)16;3-2(4,5)1(6)7/h4-7,18H,16H2,1-3H3;(H,6,7). The topological polar surface area (TPSA) is 159 Å². The fraction of sp³-hybridized carbons (Fsp3) is 0.312. The average molecular weight is 434 g/mol. The molecule has 13 heteroatoms. The van der Waals surface area contributed by atoms with Gasteiger partial charge < -0.3 is 15.4 Å². The first-order valence-electron chi connectivity index (χ1n) is 7.67. The van der Waals surface area contributed by atoms with E-state index in [0.29, 0.717) is 11.3 Å². The zero-order chi connectivity index (χ0) is 22.6. The highest BCUT2D eigenvalue weighted by atomic mass is 32.2. The normalized spacial score (nSPS) is 11.8. The Morgan fingerprint density at radius 1 is 1.28 bits per heavy atom. The van der Waals surface area contributed by atoms with Crippen LogP contribution in [0.2, 0.25) is 0 Å². The van der Waals surface area contributed by atoms with E-state index < -0.39 is 22.2 Å². The Morgan fingerprint density at radius 3 is 2.24 bits per heavy atom. The van der Waals surface area contributed by atoms with Crippen molar-refractivity contribution in [2.24, 2.45) is 0 Å². The number of aromatic nitrogens is 1. The SMILES string of the molecule is CC(C)(C)c1cc(S(=O)(=O)Nc2cc(C#N)ccc2N)on1.O=C(O)C(F)(F)F. The van der Waals surface area contributed by atoms with Gasteiger partial charge in [0.25, 0.3) is 15.1 Å². The number of halogens is 3. The largest absolute Gasteiger partial charge is 0.490 e. The zero-order valence-corrected chi connectivity index (χ0v) is 16.2. The predicted octanol–water partition coefficient (Wildman–Crippen LogP) is 2.86. The molecule has 0 bridgehead atoms. The van der Waals surface area contributed by atoms with Crippen molar-refractivity contribution < 1.29 is 36.0 Å². The minimum Gasteiger partial charge on any atom is -0.475 e. The van der Waals surface area contributed by atoms with Crippen LogP contribution in [0.5, 0.6) is 0 Å². The number of nitriles is 1. The van der Waals surface area contributed by atoms with E-state index in [-0.39, 0.29) is 21.9 Å². The molecule has 1 aromatic carbocycles. The zero-order valence-electron chi connectivity index (χ0n) is 15.4. The van der Waals surface area contributed by atoms with Crippen LogP contribution in [0.1, 0.15) is 32.0 Å². The average Bonchev–Trinajstić information content (AvgIpc) is 3.07. The number of sulfonamides is 1. The molecule has 2 aromatic rings. The minimum absolute atomic E-state index is 0.118. The highest BCUT2D eigenvalue weighted by Crippen LogP contribution is 2.27. The highest BCUT2D eigenvalue weighted by molar-refractivity contribution is 7.92. The van der Waals surface area contributed by atoms with Crippen LogP contribution in [0, 0.1) is 11.3 Å². The number of nitrogen functional groups attached to an aromatic ring is 1. The van der Waals surface area contributed by atoms with Crippen LogP contribution in [0.3, 0.4) is 0 Å². The Hall–Kier alpha value is -3.27. The van der Waals surface area contributed by atoms with E-state index in [1.165, 1.54) is 24.3 Å². The molecule has 1 aromatic heterocycles. The number of aliphatic carboxylic acids is 1. The maximum atomic E-state index is 12.3. The molecular weight excluding hydrogens is 417 g/mol. The van der Waals surface area contributed by atoms with Gasteiger partial charge in [-0.05, 0) is 18.2 Å². The van der Waals surface area contributed by atoms with E-state index in [2.05, 4.69) is 9.88 Å². The van der Waals surface area contributed by atoms with Crippen molar-refractivity contribution in [3.05, 3.63) is 35.5 Å². The number of rotatable bonds is 3. The van der Waals surface area contributed by atoms with Crippen molar-refractivity contribution in [2.75, 3.05) is 10.5 Å². The van der Waals surface area contributed by atoms with Crippen molar-refractivity contribution in [1.29, 1.82) is 5.26 Å². The number of nitrogens with two attached hydrogens (primary N) is 1. The molecule has 2 rings (SSSR count). The van der Waals surface area contributed by atoms with E-state index >= 15 is 0 Å². The lowest BCUT2D eigenvalue weighted by Gasteiger charge is -2.12. The summed E-state index contributed by atoms with van der Waals surface area (Å²) in [5.74, 6) is -2.76. The lowest BCUT2D eigenvalue weighted by atomic mass is 9.93. The number of anilines is 2. The third kappa shape index (κ3) is 6.68. The number of hydrogen-bond donors (Lipinski definition) is 3. The Morgan fingerprint density at radius 2 is 1.83 bits per heavy atom. The second kappa shape index (κ2) is 8.39. The lowest BCUT2D eigenvalue weighted by Crippen LogP contribution is -2.21. The van der Waals surface area contributed by atoms with E-state index in [4.69, 9.17) is 25.4 Å². The van der Waals surface area contributed by atoms with Gasteiger partial charge in [-0.15, -0.1) is 0 Å². The van der Waals surface area contributed by atoms with Gasteiger partial charge in [-0.1, -0.05) is 25.9 Å². The maximum Gasteiger partial charge on any atom is 0.490 e. The van der Waals surface area contributed by atoms with Gasteiger partial charge in [0.05, 0.1) is 28.7 Å². The van der Waals surface area contributed by atoms with Crippen LogP contribution in [0.25, 0.3) is 0 Å². The molecule has 1 heterocycles. The number of nitrogens with zero attached hydrogens (tertiary/aromatic N) is 2. The van der Waals surface area contributed by atoms with Gasteiger partial charge in [0.2, 0.25) is 0 Å². The van der Waals surface area contributed by atoms with Crippen LogP contribution in [0.15, 0.2) is 33.9 Å². The molecule has 0 radical (unpaired) electrons. The fourth-order valence-corrected chi connectivity index (χ4v) is 2.62. The Kier molecular flexibility index (Phi) is 6.88. The summed E-state index contributed by atoms with van der Waals surface area (Å²) in [6.07, 6.45) is -5.08. The molecule has 0 amide bonds. The molecule has 0 aliphatic heterocycles. The van der Waals surface area contributed by atoms with Crippen LogP contribution in [-0.2, 0) is 20.2 Å². The number of carboxylic acids is 1. The molecule has 0 aliphatic carbocycles. The smallest absolute Gasteiger partial charge is 0.475 e. The quantitative estimate of drug-likeness (QED) is 0.622. The molecule has 0 fully saturated rings. The maximum absolute atomic E-state index is 12.3. The molecule has 0 saturated heterocycles. The second-order valence-electron chi connectivity index (χ2n) is 6.60. The van der Waals surface area contributed by atoms with Crippen molar-refractivity contribution in [1.82, 2.24) is 5.16 Å². The molecule has 4 N–H and O–H groups in total. The summed E-state index contributed by atoms with van der Waals surface area (Å²) in [7, 11) is -3.97. The third-order valence-electron chi connectivity index (χ3n) is 3.19. The Bertz CT molecular complexity index is 1030. The summed E-state index contributed by atoms with van der Waals surface area (Å²) >= 11 is 0. The van der Waals surface area contributed by atoms with E-state index in [1.54, 1.807) is 0 Å². The Balaban J connectivity index is 0.000000516. The number of benzene rings is 1. The first-order chi connectivity index (χ1) is 13.1. The molecule has 0 aliphatic rings. The van der Waals surface area contributed by atoms with Gasteiger partial charge in [0.15, 0.2) is 0 Å². The van der Waals surface area contributed by atoms with E-state index in [9.17, 15) is 21.6 Å². The molecule has 29 heavy (non-hydrogen) atoms. The summed E-state index contributed by atoms with van der Waals surface area (Å²) in [4.78, 5) is 8.90. The van der Waals surface area contributed by atoms with Gasteiger partial charge in [-0.25, -0.2) is 4.79 Å². The number of carbonyl (C=O) groups is 1. The van der Waals surface area contributed by atoms with Gasteiger partial charge in [-0.2, -0.15) is 26.9 Å². The first kappa shape index (κ1) is 23.8.